The maximum absolute atomic E-state index is 6.31. The second kappa shape index (κ2) is 3.65. The van der Waals surface area contributed by atoms with E-state index in [1.807, 2.05) is 0 Å². The molecule has 3 heterocycles. The molecule has 2 N–H and O–H groups in total. The lowest BCUT2D eigenvalue weighted by Gasteiger charge is -2.51. The molecule has 1 saturated heterocycles. The van der Waals surface area contributed by atoms with Crippen LogP contribution in [0.5, 0.6) is 0 Å². The maximum atomic E-state index is 6.31. The number of hydrogen-bond donors (Lipinski definition) is 1. The molecular weight excluding hydrogens is 232 g/mol. The molecule has 1 aliphatic rings. The molecule has 0 saturated carbocycles. The third-order valence-electron chi connectivity index (χ3n) is 3.66. The fraction of sp³-hybridized carbons (Fsp3) is 0.500. The highest BCUT2D eigenvalue weighted by molar-refractivity contribution is 7.16. The molecule has 4 nitrogen and oxygen atoms in total. The van der Waals surface area contributed by atoms with Crippen molar-refractivity contribution in [3.8, 4) is 0 Å². The van der Waals surface area contributed by atoms with E-state index in [-0.39, 0.29) is 5.54 Å². The minimum atomic E-state index is -0.0622. The molecule has 5 heteroatoms. The highest BCUT2D eigenvalue weighted by Crippen LogP contribution is 2.34. The Labute approximate surface area is 104 Å². The van der Waals surface area contributed by atoms with Crippen molar-refractivity contribution in [2.24, 2.45) is 11.7 Å². The Morgan fingerprint density at radius 3 is 2.88 bits per heavy atom. The second-order valence-electron chi connectivity index (χ2n) is 5.08. The number of aromatic nitrogens is 2. The second-order valence-corrected chi connectivity index (χ2v) is 5.98. The molecule has 0 aromatic carbocycles. The molecule has 3 rings (SSSR count). The van der Waals surface area contributed by atoms with E-state index in [0.29, 0.717) is 5.92 Å². The van der Waals surface area contributed by atoms with Crippen molar-refractivity contribution in [2.45, 2.75) is 19.4 Å². The Hall–Kier alpha value is -1.20. The Bertz CT molecular complexity index is 542. The maximum Gasteiger partial charge on any atom is 0.140 e. The summed E-state index contributed by atoms with van der Waals surface area (Å²) in [5, 5.41) is 3.20. The van der Waals surface area contributed by atoms with Crippen LogP contribution in [0.25, 0.3) is 10.2 Å². The first kappa shape index (κ1) is 10.9. The summed E-state index contributed by atoms with van der Waals surface area (Å²) in [6.45, 7) is 6.12. The molecule has 1 fully saturated rings. The van der Waals surface area contributed by atoms with Crippen molar-refractivity contribution in [1.29, 1.82) is 0 Å². The number of thiophene rings is 1. The molecule has 0 atom stereocenters. The lowest BCUT2D eigenvalue weighted by atomic mass is 9.80. The van der Waals surface area contributed by atoms with Crippen LogP contribution in [0.15, 0.2) is 17.8 Å². The summed E-state index contributed by atoms with van der Waals surface area (Å²) in [5.74, 6) is 1.52. The highest BCUT2D eigenvalue weighted by atomic mass is 32.1. The van der Waals surface area contributed by atoms with Gasteiger partial charge in [0, 0.05) is 13.1 Å². The summed E-state index contributed by atoms with van der Waals surface area (Å²) in [4.78, 5) is 12.0. The van der Waals surface area contributed by atoms with Gasteiger partial charge in [-0.25, -0.2) is 9.97 Å². The van der Waals surface area contributed by atoms with E-state index in [1.165, 1.54) is 0 Å². The Morgan fingerprint density at radius 2 is 2.18 bits per heavy atom. The molecule has 90 valence electrons. The van der Waals surface area contributed by atoms with Gasteiger partial charge >= 0.3 is 0 Å². The van der Waals surface area contributed by atoms with Gasteiger partial charge in [0.2, 0.25) is 0 Å². The average molecular weight is 248 g/mol. The van der Waals surface area contributed by atoms with Gasteiger partial charge in [-0.15, -0.1) is 11.3 Å². The molecule has 0 spiro atoms. The van der Waals surface area contributed by atoms with Crippen LogP contribution < -0.4 is 10.6 Å². The number of nitrogens with two attached hydrogens (primary N) is 1. The molecule has 0 bridgehead atoms. The summed E-state index contributed by atoms with van der Waals surface area (Å²) in [7, 11) is 0. The van der Waals surface area contributed by atoms with Crippen molar-refractivity contribution >= 4 is 27.4 Å². The van der Waals surface area contributed by atoms with E-state index in [9.17, 15) is 0 Å². The zero-order valence-electron chi connectivity index (χ0n) is 10.1. The monoisotopic (exact) mass is 248 g/mol. The van der Waals surface area contributed by atoms with Gasteiger partial charge in [-0.05, 0) is 17.4 Å². The van der Waals surface area contributed by atoms with Gasteiger partial charge in [0.05, 0.1) is 10.9 Å². The van der Waals surface area contributed by atoms with E-state index in [2.05, 4.69) is 40.2 Å². The van der Waals surface area contributed by atoms with Crippen LogP contribution in [0.2, 0.25) is 0 Å². The first-order valence-corrected chi connectivity index (χ1v) is 6.70. The molecule has 2 aromatic rings. The number of fused-ring (bicyclic) bond motifs is 1. The fourth-order valence-electron chi connectivity index (χ4n) is 2.21. The van der Waals surface area contributed by atoms with Gasteiger partial charge in [0.25, 0.3) is 0 Å². The van der Waals surface area contributed by atoms with Crippen LogP contribution in [0.4, 0.5) is 5.82 Å². The first-order valence-electron chi connectivity index (χ1n) is 5.82. The van der Waals surface area contributed by atoms with E-state index in [0.717, 1.165) is 29.1 Å². The average Bonchev–Trinajstić information content (AvgIpc) is 2.72. The number of anilines is 1. The molecule has 17 heavy (non-hydrogen) atoms. The van der Waals surface area contributed by atoms with Crippen molar-refractivity contribution in [3.63, 3.8) is 0 Å². The van der Waals surface area contributed by atoms with Crippen molar-refractivity contribution in [3.05, 3.63) is 17.8 Å². The predicted octanol–water partition coefficient (Wildman–Crippen LogP) is 1.86. The smallest absolute Gasteiger partial charge is 0.140 e. The van der Waals surface area contributed by atoms with Gasteiger partial charge < -0.3 is 10.6 Å². The minimum Gasteiger partial charge on any atom is -0.352 e. The topological polar surface area (TPSA) is 55.0 Å². The Balaban J connectivity index is 1.90. The zero-order chi connectivity index (χ0) is 12.0. The van der Waals surface area contributed by atoms with E-state index >= 15 is 0 Å². The SMILES string of the molecule is CC(C)C1(N)CN(c2ncnc3sccc23)C1. The van der Waals surface area contributed by atoms with Gasteiger partial charge in [0.15, 0.2) is 0 Å². The molecule has 0 aliphatic carbocycles. The third kappa shape index (κ3) is 1.61. The lowest BCUT2D eigenvalue weighted by Crippen LogP contribution is -2.70. The standard InChI is InChI=1S/C12H16N4S/c1-8(2)12(13)5-16(6-12)10-9-3-4-17-11(9)15-7-14-10/h3-4,7-8H,5-6,13H2,1-2H3. The van der Waals surface area contributed by atoms with E-state index < -0.39 is 0 Å². The molecule has 0 radical (unpaired) electrons. The summed E-state index contributed by atoms with van der Waals surface area (Å²) in [6.07, 6.45) is 1.64. The van der Waals surface area contributed by atoms with Crippen LogP contribution in [-0.2, 0) is 0 Å². The Kier molecular flexibility index (Phi) is 2.34. The highest BCUT2D eigenvalue weighted by Gasteiger charge is 2.42. The normalized spacial score (nSPS) is 18.7. The van der Waals surface area contributed by atoms with Gasteiger partial charge in [-0.3, -0.25) is 0 Å². The summed E-state index contributed by atoms with van der Waals surface area (Å²) in [5.41, 5.74) is 6.25. The number of hydrogen-bond acceptors (Lipinski definition) is 5. The van der Waals surface area contributed by atoms with Crippen molar-refractivity contribution in [1.82, 2.24) is 9.97 Å². The Morgan fingerprint density at radius 1 is 1.41 bits per heavy atom. The van der Waals surface area contributed by atoms with Crippen LogP contribution in [0.3, 0.4) is 0 Å². The van der Waals surface area contributed by atoms with Crippen molar-refractivity contribution < 1.29 is 0 Å². The number of nitrogens with zero attached hydrogens (tertiary/aromatic N) is 3. The molecule has 1 aliphatic heterocycles. The minimum absolute atomic E-state index is 0.0622. The van der Waals surface area contributed by atoms with Crippen LogP contribution >= 0.6 is 11.3 Å². The summed E-state index contributed by atoms with van der Waals surface area (Å²) >= 11 is 1.65. The van der Waals surface area contributed by atoms with Gasteiger partial charge in [-0.2, -0.15) is 0 Å². The van der Waals surface area contributed by atoms with Gasteiger partial charge in [0.1, 0.15) is 17.0 Å². The van der Waals surface area contributed by atoms with Crippen molar-refractivity contribution in [2.75, 3.05) is 18.0 Å². The molecule has 2 aromatic heterocycles. The lowest BCUT2D eigenvalue weighted by molar-refractivity contribution is 0.244. The largest absolute Gasteiger partial charge is 0.352 e. The fourth-order valence-corrected chi connectivity index (χ4v) is 2.94. The quantitative estimate of drug-likeness (QED) is 0.881. The van der Waals surface area contributed by atoms with Crippen LogP contribution in [0.1, 0.15) is 13.8 Å². The van der Waals surface area contributed by atoms with Crippen LogP contribution in [-0.4, -0.2) is 28.6 Å². The van der Waals surface area contributed by atoms with Crippen LogP contribution in [0, 0.1) is 5.92 Å². The van der Waals surface area contributed by atoms with E-state index in [1.54, 1.807) is 17.7 Å². The molecule has 0 amide bonds. The predicted molar refractivity (Wildman–Crippen MR) is 71.4 cm³/mol. The zero-order valence-corrected chi connectivity index (χ0v) is 10.9. The molecule has 0 unspecified atom stereocenters. The summed E-state index contributed by atoms with van der Waals surface area (Å²) < 4.78 is 0. The van der Waals surface area contributed by atoms with E-state index in [4.69, 9.17) is 5.73 Å². The van der Waals surface area contributed by atoms with Gasteiger partial charge in [-0.1, -0.05) is 13.8 Å². The first-order chi connectivity index (χ1) is 8.10. The third-order valence-corrected chi connectivity index (χ3v) is 4.48. The number of rotatable bonds is 2. The summed E-state index contributed by atoms with van der Waals surface area (Å²) in [6, 6.07) is 2.08. The molecular formula is C12H16N4S.